The van der Waals surface area contributed by atoms with Gasteiger partial charge in [-0.1, -0.05) is 0 Å². The highest BCUT2D eigenvalue weighted by atomic mass is 32.1. The van der Waals surface area contributed by atoms with Crippen molar-refractivity contribution in [1.29, 1.82) is 0 Å². The number of aromatic nitrogens is 1. The first-order valence-corrected chi connectivity index (χ1v) is 6.41. The maximum absolute atomic E-state index is 12.0. The van der Waals surface area contributed by atoms with Crippen molar-refractivity contribution in [3.63, 3.8) is 0 Å². The largest absolute Gasteiger partial charge is 0.478 e. The molecule has 0 aromatic carbocycles. The summed E-state index contributed by atoms with van der Waals surface area (Å²) in [6, 6.07) is 0. The number of aryl methyl sites for hydroxylation is 1. The van der Waals surface area contributed by atoms with Crippen LogP contribution in [0.4, 0.5) is 5.00 Å². The van der Waals surface area contributed by atoms with Gasteiger partial charge in [0.15, 0.2) is 0 Å². The Morgan fingerprint density at radius 3 is 2.67 bits per heavy atom. The molecule has 0 spiro atoms. The predicted molar refractivity (Wildman–Crippen MR) is 67.8 cm³/mol. The highest BCUT2D eigenvalue weighted by molar-refractivity contribution is 7.11. The fourth-order valence-corrected chi connectivity index (χ4v) is 2.60. The molecule has 7 heteroatoms. The summed E-state index contributed by atoms with van der Waals surface area (Å²) in [5.74, 6) is -1.27. The van der Waals surface area contributed by atoms with Gasteiger partial charge in [0, 0.05) is 0 Å². The normalized spacial score (nSPS) is 18.2. The van der Waals surface area contributed by atoms with Crippen LogP contribution in [0.2, 0.25) is 0 Å². The predicted octanol–water partition coefficient (Wildman–Crippen LogP) is 1.22. The van der Waals surface area contributed by atoms with Crippen LogP contribution in [0.3, 0.4) is 0 Å². The van der Waals surface area contributed by atoms with Crippen LogP contribution < -0.4 is 11.1 Å². The molecule has 1 unspecified atom stereocenters. The van der Waals surface area contributed by atoms with E-state index in [0.29, 0.717) is 5.69 Å². The summed E-state index contributed by atoms with van der Waals surface area (Å²) in [5.41, 5.74) is 5.46. The van der Waals surface area contributed by atoms with Crippen LogP contribution in [0.15, 0.2) is 0 Å². The van der Waals surface area contributed by atoms with Gasteiger partial charge in [-0.05, 0) is 44.1 Å². The van der Waals surface area contributed by atoms with Crippen LogP contribution in [-0.2, 0) is 4.79 Å². The Balaban J connectivity index is 2.19. The Labute approximate surface area is 108 Å². The number of nitrogens with zero attached hydrogens (tertiary/aromatic N) is 1. The molecule has 98 valence electrons. The Hall–Kier alpha value is -1.47. The molecule has 4 N–H and O–H groups in total. The molecule has 1 atom stereocenters. The van der Waals surface area contributed by atoms with E-state index in [2.05, 4.69) is 9.69 Å². The van der Waals surface area contributed by atoms with Crippen LogP contribution in [0.25, 0.3) is 0 Å². The Kier molecular flexibility index (Phi) is 3.12. The van der Waals surface area contributed by atoms with Crippen LogP contribution in [0.1, 0.15) is 35.8 Å². The zero-order valence-electron chi connectivity index (χ0n) is 10.2. The number of hydrogen-bond donors (Lipinski definition) is 3. The van der Waals surface area contributed by atoms with Crippen molar-refractivity contribution in [2.75, 3.05) is 5.32 Å². The quantitative estimate of drug-likeness (QED) is 0.762. The molecule has 18 heavy (non-hydrogen) atoms. The van der Waals surface area contributed by atoms with Crippen LogP contribution in [-0.4, -0.2) is 26.9 Å². The number of carbonyl (C=O) groups is 2. The molecule has 2 rings (SSSR count). The molecule has 0 aliphatic heterocycles. The number of carboxylic acids is 1. The zero-order valence-corrected chi connectivity index (χ0v) is 11.0. The molecule has 1 amide bonds. The van der Waals surface area contributed by atoms with Crippen LogP contribution in [0.5, 0.6) is 0 Å². The fraction of sp³-hybridized carbons (Fsp3) is 0.545. The number of hydrogen-bond acceptors (Lipinski definition) is 5. The third-order valence-corrected chi connectivity index (χ3v) is 4.07. The lowest BCUT2D eigenvalue weighted by molar-refractivity contribution is -0.121. The van der Waals surface area contributed by atoms with Gasteiger partial charge in [0.1, 0.15) is 10.6 Å². The van der Waals surface area contributed by atoms with Gasteiger partial charge in [0.25, 0.3) is 0 Å². The molecule has 1 heterocycles. The molecule has 6 nitrogen and oxygen atoms in total. The van der Waals surface area contributed by atoms with E-state index < -0.39 is 11.5 Å². The smallest absolute Gasteiger partial charge is 0.340 e. The minimum absolute atomic E-state index is 0.0416. The summed E-state index contributed by atoms with van der Waals surface area (Å²) in [5, 5.41) is 11.9. The average molecular weight is 269 g/mol. The van der Waals surface area contributed by atoms with Gasteiger partial charge in [0.05, 0.1) is 11.2 Å². The van der Waals surface area contributed by atoms with E-state index in [1.165, 1.54) is 0 Å². The molecule has 1 saturated carbocycles. The van der Waals surface area contributed by atoms with Gasteiger partial charge in [-0.3, -0.25) is 4.79 Å². The van der Waals surface area contributed by atoms with Crippen molar-refractivity contribution in [1.82, 2.24) is 4.37 Å². The minimum Gasteiger partial charge on any atom is -0.478 e. The van der Waals surface area contributed by atoms with Crippen LogP contribution in [0, 0.1) is 12.8 Å². The van der Waals surface area contributed by atoms with E-state index in [4.69, 9.17) is 10.8 Å². The number of amides is 1. The standard InChI is InChI=1S/C11H15N3O3S/c1-5-7(9(15)16)8(18-14-5)13-10(17)11(2,12)6-3-4-6/h6H,3-4,12H2,1-2H3,(H,13,17)(H,15,16). The molecule has 1 aliphatic carbocycles. The minimum atomic E-state index is -1.10. The number of aromatic carboxylic acids is 1. The second-order valence-corrected chi connectivity index (χ2v) is 5.56. The molecule has 1 aromatic heterocycles. The second-order valence-electron chi connectivity index (χ2n) is 4.79. The monoisotopic (exact) mass is 269 g/mol. The van der Waals surface area contributed by atoms with Crippen LogP contribution >= 0.6 is 11.5 Å². The maximum atomic E-state index is 12.0. The number of carbonyl (C=O) groups excluding carboxylic acids is 1. The Bertz CT molecular complexity index is 506. The first kappa shape index (κ1) is 13.0. The number of nitrogens with one attached hydrogen (secondary N) is 1. The lowest BCUT2D eigenvalue weighted by Gasteiger charge is -2.22. The first-order valence-electron chi connectivity index (χ1n) is 5.64. The summed E-state index contributed by atoms with van der Waals surface area (Å²) >= 11 is 0.963. The Morgan fingerprint density at radius 1 is 1.56 bits per heavy atom. The SMILES string of the molecule is Cc1nsc(NC(=O)C(C)(N)C2CC2)c1C(=O)O. The number of nitrogens with two attached hydrogens (primary N) is 1. The van der Waals surface area contributed by atoms with E-state index in [9.17, 15) is 9.59 Å². The number of carboxylic acid groups (broad SMARTS) is 1. The average Bonchev–Trinajstić information content (AvgIpc) is 3.04. The number of anilines is 1. The molecular formula is C11H15N3O3S. The molecule has 1 aromatic rings. The summed E-state index contributed by atoms with van der Waals surface area (Å²) in [4.78, 5) is 23.1. The molecular weight excluding hydrogens is 254 g/mol. The molecule has 0 saturated heterocycles. The van der Waals surface area contributed by atoms with Gasteiger partial charge < -0.3 is 16.2 Å². The van der Waals surface area contributed by atoms with Crippen molar-refractivity contribution < 1.29 is 14.7 Å². The maximum Gasteiger partial charge on any atom is 0.340 e. The van der Waals surface area contributed by atoms with E-state index in [1.807, 2.05) is 0 Å². The Morgan fingerprint density at radius 2 is 2.17 bits per heavy atom. The van der Waals surface area contributed by atoms with Crippen molar-refractivity contribution >= 4 is 28.4 Å². The summed E-state index contributed by atoms with van der Waals surface area (Å²) < 4.78 is 3.94. The number of rotatable bonds is 4. The molecule has 1 fully saturated rings. The van der Waals surface area contributed by atoms with Crippen molar-refractivity contribution in [2.24, 2.45) is 11.7 Å². The van der Waals surface area contributed by atoms with Gasteiger partial charge in [-0.15, -0.1) is 0 Å². The van der Waals surface area contributed by atoms with E-state index in [1.54, 1.807) is 13.8 Å². The zero-order chi connectivity index (χ0) is 13.5. The lowest BCUT2D eigenvalue weighted by Crippen LogP contribution is -2.50. The van der Waals surface area contributed by atoms with Gasteiger partial charge in [-0.25, -0.2) is 4.79 Å². The van der Waals surface area contributed by atoms with Gasteiger partial charge >= 0.3 is 5.97 Å². The fourth-order valence-electron chi connectivity index (χ4n) is 1.81. The van der Waals surface area contributed by atoms with E-state index in [0.717, 1.165) is 24.4 Å². The summed E-state index contributed by atoms with van der Waals surface area (Å²) in [6.45, 7) is 3.27. The summed E-state index contributed by atoms with van der Waals surface area (Å²) in [7, 11) is 0. The van der Waals surface area contributed by atoms with Crippen molar-refractivity contribution in [3.8, 4) is 0 Å². The van der Waals surface area contributed by atoms with Gasteiger partial charge in [-0.2, -0.15) is 4.37 Å². The molecule has 1 aliphatic rings. The molecule has 0 bridgehead atoms. The topological polar surface area (TPSA) is 105 Å². The highest BCUT2D eigenvalue weighted by Crippen LogP contribution is 2.39. The third kappa shape index (κ3) is 2.23. The third-order valence-electron chi connectivity index (χ3n) is 3.22. The summed E-state index contributed by atoms with van der Waals surface area (Å²) in [6.07, 6.45) is 1.88. The highest BCUT2D eigenvalue weighted by Gasteiger charge is 2.44. The first-order chi connectivity index (χ1) is 8.34. The van der Waals surface area contributed by atoms with Gasteiger partial charge in [0.2, 0.25) is 5.91 Å². The van der Waals surface area contributed by atoms with E-state index in [-0.39, 0.29) is 22.4 Å². The van der Waals surface area contributed by atoms with Crippen molar-refractivity contribution in [3.05, 3.63) is 11.3 Å². The molecule has 0 radical (unpaired) electrons. The van der Waals surface area contributed by atoms with Crippen molar-refractivity contribution in [2.45, 2.75) is 32.2 Å². The van der Waals surface area contributed by atoms with E-state index >= 15 is 0 Å². The second kappa shape index (κ2) is 4.33. The lowest BCUT2D eigenvalue weighted by atomic mass is 9.96.